The number of hydrogen-bond donors (Lipinski definition) is 2. The molecule has 5 aromatic rings. The number of fused-ring (bicyclic) bond motifs is 1. The lowest BCUT2D eigenvalue weighted by Crippen LogP contribution is -2.18. The van der Waals surface area contributed by atoms with E-state index in [9.17, 15) is 0 Å². The summed E-state index contributed by atoms with van der Waals surface area (Å²) in [5.74, 6) is 0.644. The Balaban J connectivity index is 1.36. The quantitative estimate of drug-likeness (QED) is 0.238. The monoisotopic (exact) mass is 532 g/mol. The average molecular weight is 533 g/mol. The number of pyridine rings is 1. The first-order valence-corrected chi connectivity index (χ1v) is 13.1. The van der Waals surface area contributed by atoms with Gasteiger partial charge < -0.3 is 15.0 Å². The number of aromatic amines is 1. The lowest BCUT2D eigenvalue weighted by molar-refractivity contribution is -0.0366. The number of nitrogens with zero attached hydrogens (tertiary/aromatic N) is 4. The van der Waals surface area contributed by atoms with Gasteiger partial charge in [0.05, 0.1) is 38.8 Å². The predicted molar refractivity (Wildman–Crippen MR) is 148 cm³/mol. The van der Waals surface area contributed by atoms with E-state index >= 15 is 0 Å². The van der Waals surface area contributed by atoms with Crippen molar-refractivity contribution in [1.82, 2.24) is 24.7 Å². The van der Waals surface area contributed by atoms with E-state index in [4.69, 9.17) is 37.9 Å². The standard InChI is InChI=1S/C28H26Cl2N6O/c1-17-5-4-6-23(33-17)27-26(34-28(35-27)31-15-18-8-10-21(29)22(30)13-18)19-9-11-24-20(14-19)16-32-36(24)25-7-2-3-12-37-25/h4-6,8-11,13-14,16,25H,2-3,7,12,15H2,1H3,(H2,31,34,35). The van der Waals surface area contributed by atoms with E-state index in [1.807, 2.05) is 48.1 Å². The van der Waals surface area contributed by atoms with Crippen molar-refractivity contribution in [3.05, 3.63) is 82.1 Å². The van der Waals surface area contributed by atoms with Crippen LogP contribution in [0.2, 0.25) is 10.0 Å². The first kappa shape index (κ1) is 24.0. The SMILES string of the molecule is Cc1cccc(-c2[nH]c(NCc3ccc(Cl)c(Cl)c3)nc2-c2ccc3c(cnn3C3CCCCO3)c2)n1. The smallest absolute Gasteiger partial charge is 0.201 e. The van der Waals surface area contributed by atoms with Gasteiger partial charge >= 0.3 is 0 Å². The Morgan fingerprint density at radius 2 is 1.97 bits per heavy atom. The van der Waals surface area contributed by atoms with Gasteiger partial charge in [0.15, 0.2) is 6.23 Å². The third-order valence-electron chi connectivity index (χ3n) is 6.59. The number of imidazole rings is 1. The van der Waals surface area contributed by atoms with Gasteiger partial charge in [0.25, 0.3) is 0 Å². The van der Waals surface area contributed by atoms with Gasteiger partial charge in [-0.25, -0.2) is 9.67 Å². The summed E-state index contributed by atoms with van der Waals surface area (Å²) in [6, 6.07) is 17.9. The molecule has 1 aliphatic rings. The Morgan fingerprint density at radius 3 is 2.78 bits per heavy atom. The number of aromatic nitrogens is 5. The zero-order valence-electron chi connectivity index (χ0n) is 20.3. The van der Waals surface area contributed by atoms with Gasteiger partial charge in [-0.2, -0.15) is 5.10 Å². The largest absolute Gasteiger partial charge is 0.356 e. The summed E-state index contributed by atoms with van der Waals surface area (Å²) in [5.41, 5.74) is 6.47. The highest BCUT2D eigenvalue weighted by Crippen LogP contribution is 2.34. The molecule has 1 unspecified atom stereocenters. The third kappa shape index (κ3) is 4.94. The highest BCUT2D eigenvalue weighted by Gasteiger charge is 2.20. The van der Waals surface area contributed by atoms with Crippen LogP contribution in [0.15, 0.2) is 60.8 Å². The van der Waals surface area contributed by atoms with Crippen LogP contribution in [0.1, 0.15) is 36.7 Å². The minimum absolute atomic E-state index is 0.00767. The normalized spacial score (nSPS) is 15.8. The highest BCUT2D eigenvalue weighted by atomic mass is 35.5. The van der Waals surface area contributed by atoms with E-state index in [0.717, 1.165) is 70.7 Å². The zero-order valence-corrected chi connectivity index (χ0v) is 21.9. The second-order valence-electron chi connectivity index (χ2n) is 9.26. The first-order chi connectivity index (χ1) is 18.0. The second-order valence-corrected chi connectivity index (χ2v) is 10.1. The van der Waals surface area contributed by atoms with Gasteiger partial charge in [-0.1, -0.05) is 41.4 Å². The van der Waals surface area contributed by atoms with Gasteiger partial charge in [-0.3, -0.25) is 4.98 Å². The minimum Gasteiger partial charge on any atom is -0.356 e. The zero-order chi connectivity index (χ0) is 25.4. The molecule has 2 aromatic carbocycles. The van der Waals surface area contributed by atoms with Gasteiger partial charge in [0.2, 0.25) is 5.95 Å². The molecule has 6 rings (SSSR count). The number of ether oxygens (including phenoxy) is 1. The maximum Gasteiger partial charge on any atom is 0.201 e. The number of anilines is 1. The van der Waals surface area contributed by atoms with E-state index in [1.165, 1.54) is 0 Å². The molecular formula is C28H26Cl2N6O. The summed E-state index contributed by atoms with van der Waals surface area (Å²) in [6.07, 6.45) is 5.14. The molecule has 0 amide bonds. The van der Waals surface area contributed by atoms with Crippen molar-refractivity contribution in [3.8, 4) is 22.6 Å². The maximum absolute atomic E-state index is 6.19. The summed E-state index contributed by atoms with van der Waals surface area (Å²) >= 11 is 12.3. The Morgan fingerprint density at radius 1 is 1.05 bits per heavy atom. The number of H-pyrrole nitrogens is 1. The van der Waals surface area contributed by atoms with Gasteiger partial charge in [-0.15, -0.1) is 0 Å². The summed E-state index contributed by atoms with van der Waals surface area (Å²) in [7, 11) is 0. The Labute approximate surface area is 224 Å². The minimum atomic E-state index is -0.00767. The number of benzene rings is 2. The van der Waals surface area contributed by atoms with E-state index < -0.39 is 0 Å². The van der Waals surface area contributed by atoms with Crippen LogP contribution in [0.3, 0.4) is 0 Å². The molecule has 1 atom stereocenters. The molecule has 1 fully saturated rings. The van der Waals surface area contributed by atoms with Crippen LogP contribution in [-0.4, -0.2) is 31.3 Å². The van der Waals surface area contributed by atoms with Crippen molar-refractivity contribution >= 4 is 40.1 Å². The molecule has 0 aliphatic carbocycles. The molecule has 0 bridgehead atoms. The van der Waals surface area contributed by atoms with Crippen LogP contribution in [0, 0.1) is 6.92 Å². The summed E-state index contributed by atoms with van der Waals surface area (Å²) < 4.78 is 7.96. The first-order valence-electron chi connectivity index (χ1n) is 12.4. The summed E-state index contributed by atoms with van der Waals surface area (Å²) in [6.45, 7) is 3.30. The van der Waals surface area contributed by atoms with Crippen molar-refractivity contribution in [1.29, 1.82) is 0 Å². The van der Waals surface area contributed by atoms with Crippen LogP contribution in [0.4, 0.5) is 5.95 Å². The Kier molecular flexibility index (Phi) is 6.59. The third-order valence-corrected chi connectivity index (χ3v) is 7.33. The van der Waals surface area contributed by atoms with Crippen LogP contribution >= 0.6 is 23.2 Å². The fourth-order valence-corrected chi connectivity index (χ4v) is 5.04. The summed E-state index contributed by atoms with van der Waals surface area (Å²) in [5, 5.41) is 10.1. The lowest BCUT2D eigenvalue weighted by Gasteiger charge is -2.23. The Bertz CT molecular complexity index is 1570. The van der Waals surface area contributed by atoms with Crippen LogP contribution < -0.4 is 5.32 Å². The molecule has 4 heterocycles. The average Bonchev–Trinajstić information content (AvgIpc) is 3.54. The maximum atomic E-state index is 6.19. The van der Waals surface area contributed by atoms with Crippen molar-refractivity contribution in [2.45, 2.75) is 39.0 Å². The molecule has 2 N–H and O–H groups in total. The molecule has 0 spiro atoms. The van der Waals surface area contributed by atoms with E-state index in [0.29, 0.717) is 22.5 Å². The lowest BCUT2D eigenvalue weighted by atomic mass is 10.1. The molecule has 7 nitrogen and oxygen atoms in total. The number of nitrogens with one attached hydrogen (secondary N) is 2. The number of halogens is 2. The fourth-order valence-electron chi connectivity index (χ4n) is 4.72. The van der Waals surface area contributed by atoms with E-state index in [2.05, 4.69) is 33.6 Å². The topological polar surface area (TPSA) is 80.7 Å². The van der Waals surface area contributed by atoms with Crippen LogP contribution in [0.5, 0.6) is 0 Å². The molecule has 1 aliphatic heterocycles. The molecule has 9 heteroatoms. The van der Waals surface area contributed by atoms with E-state index in [-0.39, 0.29) is 6.23 Å². The van der Waals surface area contributed by atoms with Gasteiger partial charge in [0, 0.05) is 29.8 Å². The molecule has 0 saturated carbocycles. The molecule has 188 valence electrons. The molecule has 37 heavy (non-hydrogen) atoms. The Hall–Kier alpha value is -3.39. The second kappa shape index (κ2) is 10.2. The van der Waals surface area contributed by atoms with Crippen LogP contribution in [-0.2, 0) is 11.3 Å². The van der Waals surface area contributed by atoms with Crippen molar-refractivity contribution in [2.24, 2.45) is 0 Å². The predicted octanol–water partition coefficient (Wildman–Crippen LogP) is 7.41. The molecule has 3 aromatic heterocycles. The van der Waals surface area contributed by atoms with Gasteiger partial charge in [-0.05, 0) is 68.1 Å². The van der Waals surface area contributed by atoms with Gasteiger partial charge in [0.1, 0.15) is 0 Å². The van der Waals surface area contributed by atoms with Crippen molar-refractivity contribution in [3.63, 3.8) is 0 Å². The van der Waals surface area contributed by atoms with E-state index in [1.54, 1.807) is 6.07 Å². The molecule has 1 saturated heterocycles. The number of aryl methyl sites for hydroxylation is 1. The molecule has 0 radical (unpaired) electrons. The van der Waals surface area contributed by atoms with Crippen molar-refractivity contribution < 1.29 is 4.74 Å². The summed E-state index contributed by atoms with van der Waals surface area (Å²) in [4.78, 5) is 13.1. The van der Waals surface area contributed by atoms with Crippen LogP contribution in [0.25, 0.3) is 33.5 Å². The fraction of sp³-hybridized carbons (Fsp3) is 0.250. The number of rotatable bonds is 6. The van der Waals surface area contributed by atoms with Crippen molar-refractivity contribution in [2.75, 3.05) is 11.9 Å². The number of hydrogen-bond acceptors (Lipinski definition) is 5. The molecular weight excluding hydrogens is 507 g/mol. The highest BCUT2D eigenvalue weighted by molar-refractivity contribution is 6.42.